The molecule has 0 amide bonds. The Morgan fingerprint density at radius 3 is 2.72 bits per heavy atom. The van der Waals surface area contributed by atoms with E-state index in [0.29, 0.717) is 34.1 Å². The summed E-state index contributed by atoms with van der Waals surface area (Å²) in [6.07, 6.45) is 7.08. The Hall–Kier alpha value is -2.91. The number of aromatic nitrogens is 4. The molecule has 0 spiro atoms. The van der Waals surface area contributed by atoms with Crippen molar-refractivity contribution in [1.29, 1.82) is 0 Å². The van der Waals surface area contributed by atoms with Crippen LogP contribution >= 0.6 is 23.2 Å². The van der Waals surface area contributed by atoms with E-state index in [1.54, 1.807) is 6.20 Å². The molecule has 0 aliphatic carbocycles. The lowest BCUT2D eigenvalue weighted by Gasteiger charge is -2.23. The lowest BCUT2D eigenvalue weighted by atomic mass is 10.1. The second kappa shape index (κ2) is 11.3. The predicted octanol–water partition coefficient (Wildman–Crippen LogP) is 7.15. The first-order chi connectivity index (χ1) is 19.0. The van der Waals surface area contributed by atoms with Crippen molar-refractivity contribution in [2.45, 2.75) is 57.9 Å². The third-order valence-corrected chi connectivity index (χ3v) is 8.11. The number of hydrogen-bond donors (Lipinski definition) is 1. The van der Waals surface area contributed by atoms with E-state index in [-0.39, 0.29) is 12.3 Å². The fraction of sp³-hybridized carbons (Fsp3) is 0.414. The molecule has 1 N–H and O–H groups in total. The molecule has 1 unspecified atom stereocenters. The van der Waals surface area contributed by atoms with Crippen LogP contribution in [0.2, 0.25) is 10.0 Å². The Balaban J connectivity index is 1.35. The Bertz CT molecular complexity index is 1460. The number of anilines is 1. The van der Waals surface area contributed by atoms with Crippen molar-refractivity contribution in [3.05, 3.63) is 64.0 Å². The molecule has 2 aliphatic heterocycles. The van der Waals surface area contributed by atoms with E-state index < -0.39 is 0 Å². The second-order valence-electron chi connectivity index (χ2n) is 10.1. The molecule has 4 aromatic rings. The van der Waals surface area contributed by atoms with Crippen LogP contribution in [0, 0.1) is 6.92 Å². The molecule has 2 saturated heterocycles. The summed E-state index contributed by atoms with van der Waals surface area (Å²) >= 11 is 13.0. The fourth-order valence-electron chi connectivity index (χ4n) is 5.23. The average molecular weight is 569 g/mol. The molecule has 3 atom stereocenters. The maximum atomic E-state index is 6.54. The molecule has 0 saturated carbocycles. The average Bonchev–Trinajstić information content (AvgIpc) is 3.60. The van der Waals surface area contributed by atoms with Gasteiger partial charge in [0.1, 0.15) is 23.4 Å². The van der Waals surface area contributed by atoms with Crippen molar-refractivity contribution in [2.24, 2.45) is 0 Å². The van der Waals surface area contributed by atoms with E-state index in [9.17, 15) is 0 Å². The van der Waals surface area contributed by atoms with Crippen LogP contribution in [0.1, 0.15) is 56.2 Å². The van der Waals surface area contributed by atoms with Gasteiger partial charge in [-0.1, -0.05) is 23.2 Å². The monoisotopic (exact) mass is 567 g/mol. The molecule has 3 aromatic heterocycles. The van der Waals surface area contributed by atoms with Gasteiger partial charge in [-0.2, -0.15) is 5.10 Å². The third kappa shape index (κ3) is 5.43. The van der Waals surface area contributed by atoms with Crippen molar-refractivity contribution < 1.29 is 14.2 Å². The van der Waals surface area contributed by atoms with E-state index in [2.05, 4.69) is 21.4 Å². The van der Waals surface area contributed by atoms with E-state index in [1.165, 1.54) is 0 Å². The Labute approximate surface area is 237 Å². The minimum atomic E-state index is -0.379. The molecule has 5 heterocycles. The largest absolute Gasteiger partial charge is 0.486 e. The molecule has 204 valence electrons. The number of nitrogens with one attached hydrogen (secondary N) is 1. The van der Waals surface area contributed by atoms with Crippen LogP contribution in [0.3, 0.4) is 0 Å². The van der Waals surface area contributed by atoms with Gasteiger partial charge in [0.2, 0.25) is 0 Å². The van der Waals surface area contributed by atoms with Crippen LogP contribution in [0.5, 0.6) is 5.75 Å². The summed E-state index contributed by atoms with van der Waals surface area (Å²) < 4.78 is 19.9. The predicted molar refractivity (Wildman–Crippen MR) is 153 cm³/mol. The molecule has 1 aromatic carbocycles. The highest BCUT2D eigenvalue weighted by molar-refractivity contribution is 6.36. The van der Waals surface area contributed by atoms with E-state index in [1.807, 2.05) is 49.0 Å². The highest BCUT2D eigenvalue weighted by Crippen LogP contribution is 2.38. The number of fused-ring (bicyclic) bond motifs is 1. The SMILES string of the molecule is Cc1ncc(Cl)c([C@@H](C)Oc2ccc3c(c2)c(-c2ccc(N[C@@H]4CCOC4)nc2)nn3C2CCCCO2)c1Cl. The van der Waals surface area contributed by atoms with Gasteiger partial charge < -0.3 is 19.5 Å². The number of nitrogens with zero attached hydrogens (tertiary/aromatic N) is 4. The van der Waals surface area contributed by atoms with Crippen LogP contribution in [0.4, 0.5) is 5.82 Å². The zero-order valence-electron chi connectivity index (χ0n) is 22.0. The van der Waals surface area contributed by atoms with Gasteiger partial charge >= 0.3 is 0 Å². The molecule has 0 radical (unpaired) electrons. The van der Waals surface area contributed by atoms with Gasteiger partial charge in [-0.15, -0.1) is 0 Å². The summed E-state index contributed by atoms with van der Waals surface area (Å²) in [6, 6.07) is 10.3. The Morgan fingerprint density at radius 2 is 1.97 bits per heavy atom. The van der Waals surface area contributed by atoms with Gasteiger partial charge in [-0.3, -0.25) is 4.98 Å². The minimum Gasteiger partial charge on any atom is -0.486 e. The molecular formula is C29H31Cl2N5O3. The first-order valence-electron chi connectivity index (χ1n) is 13.4. The van der Waals surface area contributed by atoms with Crippen molar-refractivity contribution in [3.63, 3.8) is 0 Å². The van der Waals surface area contributed by atoms with Gasteiger partial charge in [-0.05, 0) is 69.9 Å². The highest BCUT2D eigenvalue weighted by atomic mass is 35.5. The number of rotatable bonds is 7. The fourth-order valence-corrected chi connectivity index (χ4v) is 5.88. The van der Waals surface area contributed by atoms with Crippen molar-refractivity contribution in [3.8, 4) is 17.0 Å². The zero-order chi connectivity index (χ0) is 26.9. The summed E-state index contributed by atoms with van der Waals surface area (Å²) in [5, 5.41) is 10.4. The summed E-state index contributed by atoms with van der Waals surface area (Å²) in [7, 11) is 0. The number of aryl methyl sites for hydroxylation is 1. The molecular weight excluding hydrogens is 537 g/mol. The molecule has 8 nitrogen and oxygen atoms in total. The zero-order valence-corrected chi connectivity index (χ0v) is 23.5. The van der Waals surface area contributed by atoms with Gasteiger partial charge in [0.05, 0.1) is 33.9 Å². The first kappa shape index (κ1) is 26.3. The van der Waals surface area contributed by atoms with Gasteiger partial charge in [0.15, 0.2) is 6.23 Å². The van der Waals surface area contributed by atoms with Crippen molar-refractivity contribution in [1.82, 2.24) is 19.7 Å². The summed E-state index contributed by atoms with van der Waals surface area (Å²) in [5.74, 6) is 1.52. The van der Waals surface area contributed by atoms with Gasteiger partial charge in [0.25, 0.3) is 0 Å². The maximum absolute atomic E-state index is 6.54. The van der Waals surface area contributed by atoms with E-state index in [4.69, 9.17) is 42.5 Å². The molecule has 0 bridgehead atoms. The number of benzene rings is 1. The van der Waals surface area contributed by atoms with Gasteiger partial charge in [0, 0.05) is 42.1 Å². The molecule has 10 heteroatoms. The number of pyridine rings is 2. The topological polar surface area (TPSA) is 83.3 Å². The lowest BCUT2D eigenvalue weighted by Crippen LogP contribution is -2.19. The normalized spacial score (nSPS) is 20.3. The Morgan fingerprint density at radius 1 is 1.08 bits per heavy atom. The first-order valence-corrected chi connectivity index (χ1v) is 14.1. The number of ether oxygens (including phenoxy) is 3. The Kier molecular flexibility index (Phi) is 7.62. The third-order valence-electron chi connectivity index (χ3n) is 7.33. The maximum Gasteiger partial charge on any atom is 0.150 e. The van der Waals surface area contributed by atoms with Gasteiger partial charge in [-0.25, -0.2) is 9.67 Å². The summed E-state index contributed by atoms with van der Waals surface area (Å²) in [5.41, 5.74) is 4.17. The number of hydrogen-bond acceptors (Lipinski definition) is 7. The minimum absolute atomic E-state index is 0.102. The van der Waals surface area contributed by atoms with Crippen LogP contribution in [-0.2, 0) is 9.47 Å². The van der Waals surface area contributed by atoms with Crippen LogP contribution < -0.4 is 10.1 Å². The quantitative estimate of drug-likeness (QED) is 0.254. The van der Waals surface area contributed by atoms with Crippen LogP contribution in [-0.4, -0.2) is 45.6 Å². The molecule has 39 heavy (non-hydrogen) atoms. The number of halogens is 2. The second-order valence-corrected chi connectivity index (χ2v) is 10.9. The van der Waals surface area contributed by atoms with E-state index >= 15 is 0 Å². The molecule has 6 rings (SSSR count). The highest BCUT2D eigenvalue weighted by Gasteiger charge is 2.24. The van der Waals surface area contributed by atoms with E-state index in [0.717, 1.165) is 72.4 Å². The molecule has 2 aliphatic rings. The van der Waals surface area contributed by atoms with Crippen LogP contribution in [0.15, 0.2) is 42.7 Å². The van der Waals surface area contributed by atoms with Crippen LogP contribution in [0.25, 0.3) is 22.2 Å². The standard InChI is InChI=1S/C29H31Cl2N5O3/c1-17-28(31)27(23(30)15-32-17)18(2)39-21-7-8-24-22(13-21)29(35-36(24)26-5-3-4-11-38-26)19-6-9-25(33-14-19)34-20-10-12-37-16-20/h6-9,13-15,18,20,26H,3-5,10-12,16H2,1-2H3,(H,33,34)/t18-,20-,26?/m1/s1. The summed E-state index contributed by atoms with van der Waals surface area (Å²) in [4.78, 5) is 8.91. The molecule has 2 fully saturated rings. The van der Waals surface area contributed by atoms with Crippen molar-refractivity contribution in [2.75, 3.05) is 25.1 Å². The lowest BCUT2D eigenvalue weighted by molar-refractivity contribution is -0.0365. The summed E-state index contributed by atoms with van der Waals surface area (Å²) in [6.45, 7) is 6.01. The smallest absolute Gasteiger partial charge is 0.150 e. The van der Waals surface area contributed by atoms with Crippen molar-refractivity contribution >= 4 is 39.9 Å².